The van der Waals surface area contributed by atoms with Gasteiger partial charge in [-0.3, -0.25) is 0 Å². The molecule has 1 aliphatic carbocycles. The Morgan fingerprint density at radius 3 is 2.08 bits per heavy atom. The Labute approximate surface area is 152 Å². The van der Waals surface area contributed by atoms with Crippen LogP contribution in [-0.4, -0.2) is 33.9 Å². The fourth-order valence-corrected chi connectivity index (χ4v) is 6.20. The number of benzene rings is 2. The Morgan fingerprint density at radius 1 is 1.04 bits per heavy atom. The van der Waals surface area contributed by atoms with Crippen LogP contribution < -0.4 is 16.2 Å². The van der Waals surface area contributed by atoms with Crippen LogP contribution in [0.1, 0.15) is 11.5 Å². The number of hydrogen-bond acceptors (Lipinski definition) is 5. The monoisotopic (exact) mass is 380 g/mol. The van der Waals surface area contributed by atoms with E-state index in [1.54, 1.807) is 19.2 Å². The van der Waals surface area contributed by atoms with Gasteiger partial charge in [0.25, 0.3) is 0 Å². The summed E-state index contributed by atoms with van der Waals surface area (Å²) in [6.45, 7) is 0.412. The fourth-order valence-electron chi connectivity index (χ4n) is 3.60. The summed E-state index contributed by atoms with van der Waals surface area (Å²) in [5, 5.41) is -0.157. The van der Waals surface area contributed by atoms with E-state index in [4.69, 9.17) is 27.8 Å². The van der Waals surface area contributed by atoms with Gasteiger partial charge in [0, 0.05) is 29.4 Å². The van der Waals surface area contributed by atoms with E-state index in [9.17, 15) is 8.42 Å². The lowest BCUT2D eigenvalue weighted by molar-refractivity contribution is 0.414. The highest BCUT2D eigenvalue weighted by Gasteiger charge is 2.69. The van der Waals surface area contributed by atoms with Gasteiger partial charge in [-0.2, -0.15) is 0 Å². The van der Waals surface area contributed by atoms with Crippen LogP contribution in [-0.2, 0) is 9.84 Å². The average molecular weight is 381 g/mol. The van der Waals surface area contributed by atoms with Crippen molar-refractivity contribution < 1.29 is 13.2 Å². The van der Waals surface area contributed by atoms with Crippen molar-refractivity contribution in [2.45, 2.75) is 16.1 Å². The Hall–Kier alpha value is -1.60. The maximum atomic E-state index is 13.2. The Bertz CT molecular complexity index is 847. The molecule has 0 amide bonds. The zero-order chi connectivity index (χ0) is 18.2. The lowest BCUT2D eigenvalue weighted by Gasteiger charge is -2.13. The van der Waals surface area contributed by atoms with Gasteiger partial charge in [-0.15, -0.1) is 0 Å². The molecule has 4 N–H and O–H groups in total. The largest absolute Gasteiger partial charge is 0.497 e. The van der Waals surface area contributed by atoms with Crippen molar-refractivity contribution in [3.8, 4) is 5.75 Å². The lowest BCUT2D eigenvalue weighted by atomic mass is 9.99. The molecular formula is C18H21ClN2O3S. The zero-order valence-electron chi connectivity index (χ0n) is 13.9. The first-order valence-electron chi connectivity index (χ1n) is 7.94. The molecule has 2 atom stereocenters. The molecule has 25 heavy (non-hydrogen) atoms. The quantitative estimate of drug-likeness (QED) is 0.800. The highest BCUT2D eigenvalue weighted by Crippen LogP contribution is 2.63. The summed E-state index contributed by atoms with van der Waals surface area (Å²) in [6.07, 6.45) is 0. The minimum absolute atomic E-state index is 0.206. The highest BCUT2D eigenvalue weighted by molar-refractivity contribution is 7.92. The summed E-state index contributed by atoms with van der Waals surface area (Å²) in [5.41, 5.74) is 12.2. The Balaban J connectivity index is 2.02. The first-order chi connectivity index (χ1) is 11.9. The van der Waals surface area contributed by atoms with Crippen molar-refractivity contribution in [2.75, 3.05) is 20.2 Å². The van der Waals surface area contributed by atoms with Gasteiger partial charge in [0.2, 0.25) is 0 Å². The lowest BCUT2D eigenvalue weighted by Crippen LogP contribution is -2.31. The maximum absolute atomic E-state index is 13.2. The molecule has 0 aromatic heterocycles. The second-order valence-corrected chi connectivity index (χ2v) is 8.82. The SMILES string of the molecule is COc1ccc(C2C(S(=O)(=O)c3ccc(Cl)cc3)C2(CN)CN)cc1. The van der Waals surface area contributed by atoms with Gasteiger partial charge in [-0.1, -0.05) is 23.7 Å². The molecule has 7 heteroatoms. The van der Waals surface area contributed by atoms with Gasteiger partial charge in [0.1, 0.15) is 5.75 Å². The fraction of sp³-hybridized carbons (Fsp3) is 0.333. The smallest absolute Gasteiger partial charge is 0.182 e. The number of sulfone groups is 1. The predicted molar refractivity (Wildman–Crippen MR) is 98.7 cm³/mol. The third kappa shape index (κ3) is 2.93. The molecular weight excluding hydrogens is 360 g/mol. The first kappa shape index (κ1) is 18.2. The normalized spacial score (nSPS) is 21.8. The molecule has 0 radical (unpaired) electrons. The minimum Gasteiger partial charge on any atom is -0.497 e. The summed E-state index contributed by atoms with van der Waals surface area (Å²) in [5.74, 6) is 0.474. The van der Waals surface area contributed by atoms with Crippen LogP contribution >= 0.6 is 11.6 Å². The van der Waals surface area contributed by atoms with Crippen LogP contribution in [0.15, 0.2) is 53.4 Å². The van der Waals surface area contributed by atoms with Gasteiger partial charge in [0.05, 0.1) is 17.3 Å². The highest BCUT2D eigenvalue weighted by atomic mass is 35.5. The van der Waals surface area contributed by atoms with Crippen LogP contribution in [0.3, 0.4) is 0 Å². The van der Waals surface area contributed by atoms with E-state index >= 15 is 0 Å². The molecule has 1 aliphatic rings. The van der Waals surface area contributed by atoms with Crippen molar-refractivity contribution in [3.05, 3.63) is 59.1 Å². The molecule has 1 fully saturated rings. The van der Waals surface area contributed by atoms with Crippen LogP contribution in [0.25, 0.3) is 0 Å². The molecule has 0 spiro atoms. The van der Waals surface area contributed by atoms with E-state index in [1.165, 1.54) is 12.1 Å². The van der Waals surface area contributed by atoms with Crippen molar-refractivity contribution in [1.29, 1.82) is 0 Å². The average Bonchev–Trinajstić information content (AvgIpc) is 3.33. The summed E-state index contributed by atoms with van der Waals surface area (Å²) in [4.78, 5) is 0.240. The second-order valence-electron chi connectivity index (χ2n) is 6.31. The molecule has 3 rings (SSSR count). The van der Waals surface area contributed by atoms with E-state index in [1.807, 2.05) is 24.3 Å². The molecule has 0 bridgehead atoms. The van der Waals surface area contributed by atoms with Crippen LogP contribution in [0, 0.1) is 5.41 Å². The minimum atomic E-state index is -3.58. The van der Waals surface area contributed by atoms with Crippen LogP contribution in [0.4, 0.5) is 0 Å². The number of methoxy groups -OCH3 is 1. The molecule has 0 saturated heterocycles. The third-order valence-electron chi connectivity index (χ3n) is 5.09. The molecule has 1 saturated carbocycles. The molecule has 0 aliphatic heterocycles. The van der Waals surface area contributed by atoms with Gasteiger partial charge in [-0.25, -0.2) is 8.42 Å². The predicted octanol–water partition coefficient (Wildman–Crippen LogP) is 2.19. The summed E-state index contributed by atoms with van der Waals surface area (Å²) in [6, 6.07) is 13.6. The maximum Gasteiger partial charge on any atom is 0.182 e. The zero-order valence-corrected chi connectivity index (χ0v) is 15.4. The topological polar surface area (TPSA) is 95.4 Å². The third-order valence-corrected chi connectivity index (χ3v) is 7.68. The van der Waals surface area contributed by atoms with Crippen molar-refractivity contribution in [1.82, 2.24) is 0 Å². The van der Waals surface area contributed by atoms with E-state index in [0.29, 0.717) is 10.8 Å². The van der Waals surface area contributed by atoms with Crippen LogP contribution in [0.2, 0.25) is 5.02 Å². The molecule has 0 heterocycles. The molecule has 2 unspecified atom stereocenters. The molecule has 134 valence electrons. The van der Waals surface area contributed by atoms with Gasteiger partial charge >= 0.3 is 0 Å². The van der Waals surface area contributed by atoms with Gasteiger partial charge in [0.15, 0.2) is 9.84 Å². The van der Waals surface area contributed by atoms with Crippen molar-refractivity contribution in [3.63, 3.8) is 0 Å². The molecule has 5 nitrogen and oxygen atoms in total. The first-order valence-corrected chi connectivity index (χ1v) is 9.86. The molecule has 2 aromatic rings. The number of rotatable bonds is 6. The van der Waals surface area contributed by atoms with Gasteiger partial charge in [-0.05, 0) is 42.0 Å². The number of halogens is 1. The van der Waals surface area contributed by atoms with Crippen LogP contribution in [0.5, 0.6) is 5.75 Å². The second kappa shape index (κ2) is 6.61. The Kier molecular flexibility index (Phi) is 4.81. The number of nitrogens with two attached hydrogens (primary N) is 2. The van der Waals surface area contributed by atoms with E-state index in [0.717, 1.165) is 5.56 Å². The molecule has 2 aromatic carbocycles. The van der Waals surface area contributed by atoms with E-state index in [-0.39, 0.29) is 23.9 Å². The number of hydrogen-bond donors (Lipinski definition) is 2. The van der Waals surface area contributed by atoms with Crippen molar-refractivity contribution >= 4 is 21.4 Å². The van der Waals surface area contributed by atoms with E-state index < -0.39 is 20.5 Å². The number of ether oxygens (including phenoxy) is 1. The van der Waals surface area contributed by atoms with Crippen molar-refractivity contribution in [2.24, 2.45) is 16.9 Å². The summed E-state index contributed by atoms with van der Waals surface area (Å²) in [7, 11) is -1.99. The van der Waals surface area contributed by atoms with E-state index in [2.05, 4.69) is 0 Å². The summed E-state index contributed by atoms with van der Waals surface area (Å²) >= 11 is 5.87. The van der Waals surface area contributed by atoms with Gasteiger partial charge < -0.3 is 16.2 Å². The Morgan fingerprint density at radius 2 is 1.60 bits per heavy atom. The standard InChI is InChI=1S/C18H21ClN2O3S/c1-24-14-6-2-12(3-7-14)16-17(18(16,10-20)11-21)25(22,23)15-8-4-13(19)5-9-15/h2-9,16-17H,10-11,20-21H2,1H3. The summed E-state index contributed by atoms with van der Waals surface area (Å²) < 4.78 is 31.5.